The van der Waals surface area contributed by atoms with E-state index in [2.05, 4.69) is 4.74 Å². The third-order valence-electron chi connectivity index (χ3n) is 1.89. The van der Waals surface area contributed by atoms with Crippen LogP contribution in [-0.4, -0.2) is 17.6 Å². The summed E-state index contributed by atoms with van der Waals surface area (Å²) < 4.78 is 6.16. The van der Waals surface area contributed by atoms with Crippen LogP contribution >= 0.6 is 0 Å². The maximum atomic E-state index is 11.3. The molecule has 0 N–H and O–H groups in total. The molecule has 0 saturated carbocycles. The normalized spacial score (nSPS) is 9.77. The van der Waals surface area contributed by atoms with Crippen molar-refractivity contribution in [3.05, 3.63) is 33.7 Å². The molecule has 0 aromatic carbocycles. The number of ether oxygens (including phenoxy) is 1. The van der Waals surface area contributed by atoms with Crippen LogP contribution in [0.2, 0.25) is 0 Å². The second kappa shape index (κ2) is 3.43. The number of rotatable bonds is 1. The monoisotopic (exact) mass is 181 g/mol. The second-order valence-corrected chi connectivity index (χ2v) is 2.80. The maximum Gasteiger partial charge on any atom is 0.343 e. The molecule has 0 radical (unpaired) electrons. The lowest BCUT2D eigenvalue weighted by atomic mass is 10.2. The minimum atomic E-state index is -0.597. The first kappa shape index (κ1) is 9.51. The third kappa shape index (κ3) is 1.77. The Balaban J connectivity index is 3.32. The molecule has 1 heterocycles. The molecule has 0 spiro atoms. The van der Waals surface area contributed by atoms with Crippen LogP contribution in [0.4, 0.5) is 0 Å². The van der Waals surface area contributed by atoms with Gasteiger partial charge in [-0.2, -0.15) is 0 Å². The molecule has 0 aliphatic rings. The molecule has 0 fully saturated rings. The van der Waals surface area contributed by atoms with Gasteiger partial charge in [0.25, 0.3) is 0 Å². The smallest absolute Gasteiger partial charge is 0.343 e. The topological polar surface area (TPSA) is 48.3 Å². The molecule has 70 valence electrons. The van der Waals surface area contributed by atoms with Gasteiger partial charge in [0.15, 0.2) is 5.43 Å². The summed E-state index contributed by atoms with van der Waals surface area (Å²) in [5.41, 5.74) is 0.565. The maximum absolute atomic E-state index is 11.3. The molecule has 0 aliphatic carbocycles. The lowest BCUT2D eigenvalue weighted by Crippen LogP contribution is -2.18. The summed E-state index contributed by atoms with van der Waals surface area (Å²) in [5, 5.41) is 0. The molecule has 1 rings (SSSR count). The van der Waals surface area contributed by atoms with E-state index in [9.17, 15) is 9.59 Å². The van der Waals surface area contributed by atoms with E-state index in [1.807, 2.05) is 0 Å². The van der Waals surface area contributed by atoms with Crippen LogP contribution in [0.1, 0.15) is 16.1 Å². The highest BCUT2D eigenvalue weighted by molar-refractivity contribution is 5.88. The summed E-state index contributed by atoms with van der Waals surface area (Å²) >= 11 is 0. The largest absolute Gasteiger partial charge is 0.465 e. The van der Waals surface area contributed by atoms with E-state index in [4.69, 9.17) is 0 Å². The number of nitrogens with zero attached hydrogens (tertiary/aromatic N) is 1. The van der Waals surface area contributed by atoms with Gasteiger partial charge in [-0.3, -0.25) is 4.79 Å². The number of esters is 1. The highest BCUT2D eigenvalue weighted by Crippen LogP contribution is 1.97. The van der Waals surface area contributed by atoms with Gasteiger partial charge in [-0.25, -0.2) is 4.79 Å². The van der Waals surface area contributed by atoms with Crippen molar-refractivity contribution in [3.8, 4) is 0 Å². The van der Waals surface area contributed by atoms with E-state index in [-0.39, 0.29) is 11.0 Å². The number of aryl methyl sites for hydroxylation is 2. The number of hydrogen-bond donors (Lipinski definition) is 0. The predicted molar refractivity (Wildman–Crippen MR) is 47.8 cm³/mol. The van der Waals surface area contributed by atoms with Crippen molar-refractivity contribution >= 4 is 5.97 Å². The van der Waals surface area contributed by atoms with Crippen LogP contribution in [0.15, 0.2) is 17.1 Å². The van der Waals surface area contributed by atoms with Gasteiger partial charge in [0, 0.05) is 25.0 Å². The summed E-state index contributed by atoms with van der Waals surface area (Å²) in [6.45, 7) is 1.79. The van der Waals surface area contributed by atoms with Crippen LogP contribution in [0.25, 0.3) is 0 Å². The summed E-state index contributed by atoms with van der Waals surface area (Å²) in [6.07, 6.45) is 1.48. The summed E-state index contributed by atoms with van der Waals surface area (Å²) in [4.78, 5) is 22.3. The molecule has 0 amide bonds. The van der Waals surface area contributed by atoms with Crippen molar-refractivity contribution in [3.63, 3.8) is 0 Å². The van der Waals surface area contributed by atoms with Crippen LogP contribution in [-0.2, 0) is 11.8 Å². The van der Waals surface area contributed by atoms with Crippen LogP contribution in [0, 0.1) is 6.92 Å². The average Bonchev–Trinajstić information content (AvgIpc) is 2.10. The van der Waals surface area contributed by atoms with E-state index in [1.165, 1.54) is 19.4 Å². The molecule has 1 aromatic heterocycles. The van der Waals surface area contributed by atoms with Gasteiger partial charge in [0.2, 0.25) is 0 Å². The summed E-state index contributed by atoms with van der Waals surface area (Å²) in [7, 11) is 3.02. The first-order valence-electron chi connectivity index (χ1n) is 3.82. The van der Waals surface area contributed by atoms with Crippen molar-refractivity contribution in [2.45, 2.75) is 6.92 Å². The molecule has 4 heteroatoms. The van der Waals surface area contributed by atoms with Crippen LogP contribution in [0.3, 0.4) is 0 Å². The number of pyridine rings is 1. The number of carbonyl (C=O) groups is 1. The van der Waals surface area contributed by atoms with E-state index >= 15 is 0 Å². The third-order valence-corrected chi connectivity index (χ3v) is 1.89. The molecule has 0 aliphatic heterocycles. The van der Waals surface area contributed by atoms with Crippen LogP contribution < -0.4 is 5.43 Å². The van der Waals surface area contributed by atoms with Gasteiger partial charge in [0.1, 0.15) is 5.56 Å². The molecule has 0 unspecified atom stereocenters. The first-order valence-corrected chi connectivity index (χ1v) is 3.82. The van der Waals surface area contributed by atoms with Crippen LogP contribution in [0.5, 0.6) is 0 Å². The quantitative estimate of drug-likeness (QED) is 0.592. The van der Waals surface area contributed by atoms with Gasteiger partial charge in [0.05, 0.1) is 7.11 Å². The van der Waals surface area contributed by atoms with Gasteiger partial charge in [-0.1, -0.05) is 0 Å². The summed E-state index contributed by atoms with van der Waals surface area (Å²) in [6, 6.07) is 1.41. The molecule has 13 heavy (non-hydrogen) atoms. The summed E-state index contributed by atoms with van der Waals surface area (Å²) in [5.74, 6) is -0.597. The Morgan fingerprint density at radius 2 is 2.15 bits per heavy atom. The molecule has 0 atom stereocenters. The van der Waals surface area contributed by atoms with Gasteiger partial charge in [-0.15, -0.1) is 0 Å². The van der Waals surface area contributed by atoms with Gasteiger partial charge in [-0.05, 0) is 6.92 Å². The van der Waals surface area contributed by atoms with E-state index < -0.39 is 5.97 Å². The Bertz CT molecular complexity index is 392. The fraction of sp³-hybridized carbons (Fsp3) is 0.333. The number of aromatic nitrogens is 1. The zero-order valence-electron chi connectivity index (χ0n) is 7.83. The Labute approximate surface area is 75.8 Å². The fourth-order valence-corrected chi connectivity index (χ4v) is 0.992. The van der Waals surface area contributed by atoms with Gasteiger partial charge < -0.3 is 9.30 Å². The van der Waals surface area contributed by atoms with E-state index in [0.29, 0.717) is 0 Å². The lowest BCUT2D eigenvalue weighted by molar-refractivity contribution is 0.0598. The molecule has 1 aromatic rings. The predicted octanol–water partition coefficient (Wildman–Crippen LogP) is 0.480. The van der Waals surface area contributed by atoms with Crippen molar-refractivity contribution in [2.75, 3.05) is 7.11 Å². The highest BCUT2D eigenvalue weighted by atomic mass is 16.5. The fourth-order valence-electron chi connectivity index (χ4n) is 0.992. The molecule has 0 saturated heterocycles. The van der Waals surface area contributed by atoms with E-state index in [1.54, 1.807) is 18.5 Å². The lowest BCUT2D eigenvalue weighted by Gasteiger charge is -2.05. The number of methoxy groups -OCH3 is 1. The molecule has 0 bridgehead atoms. The Morgan fingerprint density at radius 3 is 2.69 bits per heavy atom. The number of hydrogen-bond acceptors (Lipinski definition) is 3. The highest BCUT2D eigenvalue weighted by Gasteiger charge is 2.10. The minimum absolute atomic E-state index is 0.0654. The van der Waals surface area contributed by atoms with Crippen molar-refractivity contribution in [2.24, 2.45) is 7.05 Å². The zero-order valence-corrected chi connectivity index (χ0v) is 7.83. The number of carbonyl (C=O) groups excluding carboxylic acids is 1. The van der Waals surface area contributed by atoms with Crippen molar-refractivity contribution < 1.29 is 9.53 Å². The standard InChI is InChI=1S/C9H11NO3/c1-6-4-8(11)7(5-10(6)2)9(12)13-3/h4-5H,1-3H3. The average molecular weight is 181 g/mol. The zero-order chi connectivity index (χ0) is 10.0. The first-order chi connectivity index (χ1) is 6.06. The van der Waals surface area contributed by atoms with E-state index in [0.717, 1.165) is 5.69 Å². The van der Waals surface area contributed by atoms with Crippen molar-refractivity contribution in [1.29, 1.82) is 0 Å². The molecule has 4 nitrogen and oxygen atoms in total. The SMILES string of the molecule is COC(=O)c1cn(C)c(C)cc1=O. The minimum Gasteiger partial charge on any atom is -0.465 e. The Kier molecular flexibility index (Phi) is 2.51. The molecular weight excluding hydrogens is 170 g/mol. The second-order valence-electron chi connectivity index (χ2n) is 2.80. The molecular formula is C9H11NO3. The van der Waals surface area contributed by atoms with Gasteiger partial charge >= 0.3 is 5.97 Å². The Morgan fingerprint density at radius 1 is 1.54 bits per heavy atom. The Hall–Kier alpha value is -1.58. The van der Waals surface area contributed by atoms with Crippen molar-refractivity contribution in [1.82, 2.24) is 4.57 Å².